The predicted molar refractivity (Wildman–Crippen MR) is 107 cm³/mol. The number of rotatable bonds is 5. The van der Waals surface area contributed by atoms with Crippen molar-refractivity contribution in [3.8, 4) is 0 Å². The van der Waals surface area contributed by atoms with Crippen LogP contribution in [-0.2, 0) is 13.2 Å². The number of hydrogen-bond acceptors (Lipinski definition) is 2. The van der Waals surface area contributed by atoms with Crippen molar-refractivity contribution in [1.82, 2.24) is 0 Å². The van der Waals surface area contributed by atoms with Crippen LogP contribution in [0.2, 0.25) is 0 Å². The number of nitrogens with zero attached hydrogens (tertiary/aromatic N) is 1. The average Bonchev–Trinajstić information content (AvgIpc) is 2.53. The molecule has 0 amide bonds. The van der Waals surface area contributed by atoms with Gasteiger partial charge in [0.05, 0.1) is 13.2 Å². The molecule has 0 radical (unpaired) electrons. The predicted octanol–water partition coefficient (Wildman–Crippen LogP) is 3.85. The van der Waals surface area contributed by atoms with Gasteiger partial charge < -0.3 is 16.2 Å². The molecule has 0 aromatic heterocycles. The standard InChI is InChI=1S/C18H23N3O.HI/c1-13(2)14-8-5-9-17(10-14)21-18(19)20-11-15-6-3-4-7-16(15)12-22;/h3-10,13,22H,11-12H2,1-2H3,(H3,19,20,21);1H. The van der Waals surface area contributed by atoms with Crippen molar-refractivity contribution in [3.63, 3.8) is 0 Å². The Balaban J connectivity index is 0.00000264. The Bertz CT molecular complexity index is 656. The van der Waals surface area contributed by atoms with Crippen LogP contribution in [-0.4, -0.2) is 11.1 Å². The summed E-state index contributed by atoms with van der Waals surface area (Å²) in [6, 6.07) is 15.8. The zero-order chi connectivity index (χ0) is 15.9. The molecule has 0 aliphatic carbocycles. The Morgan fingerprint density at radius 2 is 1.83 bits per heavy atom. The van der Waals surface area contributed by atoms with E-state index in [1.807, 2.05) is 36.4 Å². The minimum Gasteiger partial charge on any atom is -0.392 e. The lowest BCUT2D eigenvalue weighted by atomic mass is 10.0. The Morgan fingerprint density at radius 3 is 2.48 bits per heavy atom. The molecule has 124 valence electrons. The van der Waals surface area contributed by atoms with E-state index >= 15 is 0 Å². The first-order valence-electron chi connectivity index (χ1n) is 7.44. The molecule has 0 heterocycles. The molecular weight excluding hydrogens is 401 g/mol. The summed E-state index contributed by atoms with van der Waals surface area (Å²) in [5.41, 5.74) is 9.99. The van der Waals surface area contributed by atoms with Crippen LogP contribution in [0.1, 0.15) is 36.5 Å². The van der Waals surface area contributed by atoms with Gasteiger partial charge in [0.25, 0.3) is 0 Å². The minimum atomic E-state index is 0. The quantitative estimate of drug-likeness (QED) is 0.387. The highest BCUT2D eigenvalue weighted by Gasteiger charge is 2.02. The van der Waals surface area contributed by atoms with Gasteiger partial charge in [0.2, 0.25) is 0 Å². The second-order valence-electron chi connectivity index (χ2n) is 5.53. The molecule has 0 saturated carbocycles. The highest BCUT2D eigenvalue weighted by molar-refractivity contribution is 14.0. The highest BCUT2D eigenvalue weighted by atomic mass is 127. The fourth-order valence-electron chi connectivity index (χ4n) is 2.20. The number of anilines is 1. The molecular formula is C18H24IN3O. The van der Waals surface area contributed by atoms with E-state index < -0.39 is 0 Å². The average molecular weight is 425 g/mol. The van der Waals surface area contributed by atoms with Crippen molar-refractivity contribution in [1.29, 1.82) is 0 Å². The Morgan fingerprint density at radius 1 is 1.13 bits per heavy atom. The van der Waals surface area contributed by atoms with Crippen LogP contribution < -0.4 is 11.1 Å². The third kappa shape index (κ3) is 5.84. The van der Waals surface area contributed by atoms with E-state index in [1.165, 1.54) is 5.56 Å². The normalized spacial score (nSPS) is 11.2. The second kappa shape index (κ2) is 9.52. The maximum atomic E-state index is 9.31. The minimum absolute atomic E-state index is 0. The number of benzene rings is 2. The molecule has 2 rings (SSSR count). The van der Waals surface area contributed by atoms with Crippen molar-refractivity contribution in [3.05, 3.63) is 65.2 Å². The Labute approximate surface area is 154 Å². The van der Waals surface area contributed by atoms with Gasteiger partial charge in [0, 0.05) is 5.69 Å². The Kier molecular flexibility index (Phi) is 8.05. The topological polar surface area (TPSA) is 70.6 Å². The molecule has 0 atom stereocenters. The van der Waals surface area contributed by atoms with Gasteiger partial charge in [-0.1, -0.05) is 50.2 Å². The summed E-state index contributed by atoms with van der Waals surface area (Å²) < 4.78 is 0. The molecule has 2 aromatic carbocycles. The summed E-state index contributed by atoms with van der Waals surface area (Å²) in [5, 5.41) is 12.4. The summed E-state index contributed by atoms with van der Waals surface area (Å²) in [6.45, 7) is 4.76. The molecule has 0 fully saturated rings. The molecule has 0 saturated heterocycles. The third-order valence-corrected chi connectivity index (χ3v) is 3.53. The van der Waals surface area contributed by atoms with Crippen molar-refractivity contribution in [2.45, 2.75) is 32.9 Å². The molecule has 23 heavy (non-hydrogen) atoms. The molecule has 0 bridgehead atoms. The lowest BCUT2D eigenvalue weighted by Crippen LogP contribution is -2.22. The lowest BCUT2D eigenvalue weighted by Gasteiger charge is -2.10. The Hall–Kier alpha value is -1.60. The third-order valence-electron chi connectivity index (χ3n) is 3.53. The van der Waals surface area contributed by atoms with Crippen LogP contribution in [0, 0.1) is 0 Å². The van der Waals surface area contributed by atoms with E-state index in [0.717, 1.165) is 16.8 Å². The highest BCUT2D eigenvalue weighted by Crippen LogP contribution is 2.18. The molecule has 0 spiro atoms. The number of nitrogens with one attached hydrogen (secondary N) is 1. The number of hydrogen-bond donors (Lipinski definition) is 3. The van der Waals surface area contributed by atoms with Gasteiger partial charge in [0.15, 0.2) is 5.96 Å². The number of guanidine groups is 1. The van der Waals surface area contributed by atoms with Crippen molar-refractivity contribution < 1.29 is 5.11 Å². The summed E-state index contributed by atoms with van der Waals surface area (Å²) >= 11 is 0. The monoisotopic (exact) mass is 425 g/mol. The van der Waals surface area contributed by atoms with E-state index in [9.17, 15) is 5.11 Å². The largest absolute Gasteiger partial charge is 0.392 e. The van der Waals surface area contributed by atoms with Gasteiger partial charge in [-0.15, -0.1) is 24.0 Å². The lowest BCUT2D eigenvalue weighted by molar-refractivity contribution is 0.280. The fraction of sp³-hybridized carbons (Fsp3) is 0.278. The molecule has 0 unspecified atom stereocenters. The van der Waals surface area contributed by atoms with Crippen LogP contribution in [0.25, 0.3) is 0 Å². The van der Waals surface area contributed by atoms with Gasteiger partial charge in [-0.05, 0) is 34.7 Å². The first-order chi connectivity index (χ1) is 10.6. The first kappa shape index (κ1) is 19.4. The number of aliphatic hydroxyl groups is 1. The first-order valence-corrected chi connectivity index (χ1v) is 7.44. The maximum absolute atomic E-state index is 9.31. The zero-order valence-electron chi connectivity index (χ0n) is 13.5. The van der Waals surface area contributed by atoms with Crippen molar-refractivity contribution in [2.24, 2.45) is 10.7 Å². The molecule has 5 heteroatoms. The van der Waals surface area contributed by atoms with E-state index in [0.29, 0.717) is 18.4 Å². The second-order valence-corrected chi connectivity index (χ2v) is 5.53. The summed E-state index contributed by atoms with van der Waals surface area (Å²) in [7, 11) is 0. The van der Waals surface area contributed by atoms with Gasteiger partial charge in [-0.2, -0.15) is 0 Å². The van der Waals surface area contributed by atoms with Crippen molar-refractivity contribution >= 4 is 35.6 Å². The van der Waals surface area contributed by atoms with E-state index in [1.54, 1.807) is 0 Å². The molecule has 4 N–H and O–H groups in total. The van der Waals surface area contributed by atoms with Crippen LogP contribution in [0.15, 0.2) is 53.5 Å². The van der Waals surface area contributed by atoms with Gasteiger partial charge in [-0.3, -0.25) is 0 Å². The molecule has 0 aliphatic rings. The number of aliphatic imine (C=N–C) groups is 1. The molecule has 2 aromatic rings. The summed E-state index contributed by atoms with van der Waals surface area (Å²) in [4.78, 5) is 4.35. The number of aliphatic hydroxyl groups excluding tert-OH is 1. The summed E-state index contributed by atoms with van der Waals surface area (Å²) in [5.74, 6) is 0.838. The van der Waals surface area contributed by atoms with Gasteiger partial charge in [0.1, 0.15) is 0 Å². The fourth-order valence-corrected chi connectivity index (χ4v) is 2.20. The summed E-state index contributed by atoms with van der Waals surface area (Å²) in [6.07, 6.45) is 0. The zero-order valence-corrected chi connectivity index (χ0v) is 15.8. The molecule has 4 nitrogen and oxygen atoms in total. The van der Waals surface area contributed by atoms with Gasteiger partial charge >= 0.3 is 0 Å². The van der Waals surface area contributed by atoms with Gasteiger partial charge in [-0.25, -0.2) is 4.99 Å². The van der Waals surface area contributed by atoms with Crippen LogP contribution in [0.4, 0.5) is 5.69 Å². The smallest absolute Gasteiger partial charge is 0.193 e. The number of nitrogens with two attached hydrogens (primary N) is 1. The maximum Gasteiger partial charge on any atom is 0.193 e. The van der Waals surface area contributed by atoms with E-state index in [4.69, 9.17) is 5.73 Å². The van der Waals surface area contributed by atoms with E-state index in [2.05, 4.69) is 36.3 Å². The van der Waals surface area contributed by atoms with E-state index in [-0.39, 0.29) is 30.6 Å². The van der Waals surface area contributed by atoms with Crippen LogP contribution in [0.3, 0.4) is 0 Å². The molecule has 0 aliphatic heterocycles. The van der Waals surface area contributed by atoms with Crippen LogP contribution >= 0.6 is 24.0 Å². The SMILES string of the molecule is CC(C)c1cccc(NC(N)=NCc2ccccc2CO)c1.I. The van der Waals surface area contributed by atoms with Crippen molar-refractivity contribution in [2.75, 3.05) is 5.32 Å². The van der Waals surface area contributed by atoms with Crippen LogP contribution in [0.5, 0.6) is 0 Å². The number of halogens is 1.